The van der Waals surface area contributed by atoms with E-state index in [0.29, 0.717) is 16.7 Å². The lowest BCUT2D eigenvalue weighted by Gasteiger charge is -2.10. The van der Waals surface area contributed by atoms with Crippen molar-refractivity contribution in [2.45, 2.75) is 35.6 Å². The van der Waals surface area contributed by atoms with Gasteiger partial charge in [-0.05, 0) is 37.1 Å². The number of amides is 1. The van der Waals surface area contributed by atoms with E-state index in [0.717, 1.165) is 12.0 Å². The van der Waals surface area contributed by atoms with Gasteiger partial charge in [0.2, 0.25) is 21.1 Å². The zero-order valence-electron chi connectivity index (χ0n) is 15.9. The molecule has 3 aromatic rings. The SMILES string of the molecule is CCc1ccc(-c2nc(SC(C)C(=O)Nc3cccc(S(N)(=O)=O)c3)n[nH]2)cc1. The lowest BCUT2D eigenvalue weighted by atomic mass is 10.1. The summed E-state index contributed by atoms with van der Waals surface area (Å²) in [5.41, 5.74) is 2.50. The highest BCUT2D eigenvalue weighted by atomic mass is 32.2. The lowest BCUT2D eigenvalue weighted by molar-refractivity contribution is -0.115. The van der Waals surface area contributed by atoms with Crippen LogP contribution in [0.15, 0.2) is 58.6 Å². The monoisotopic (exact) mass is 431 g/mol. The average molecular weight is 432 g/mol. The summed E-state index contributed by atoms with van der Waals surface area (Å²) in [6.45, 7) is 3.81. The zero-order valence-corrected chi connectivity index (χ0v) is 17.5. The third-order valence-corrected chi connectivity index (χ3v) is 6.05. The molecular formula is C19H21N5O3S2. The van der Waals surface area contributed by atoms with Crippen molar-refractivity contribution in [1.29, 1.82) is 0 Å². The topological polar surface area (TPSA) is 131 Å². The van der Waals surface area contributed by atoms with Gasteiger partial charge in [0.05, 0.1) is 10.1 Å². The molecular weight excluding hydrogens is 410 g/mol. The first-order valence-corrected chi connectivity index (χ1v) is 11.3. The molecule has 1 aromatic heterocycles. The highest BCUT2D eigenvalue weighted by Gasteiger charge is 2.18. The van der Waals surface area contributed by atoms with Gasteiger partial charge in [0.1, 0.15) is 0 Å². The number of nitrogens with two attached hydrogens (primary N) is 1. The predicted molar refractivity (Wildman–Crippen MR) is 113 cm³/mol. The Balaban J connectivity index is 1.65. The molecule has 1 amide bonds. The number of hydrogen-bond acceptors (Lipinski definition) is 6. The summed E-state index contributed by atoms with van der Waals surface area (Å²) in [6.07, 6.45) is 0.963. The summed E-state index contributed by atoms with van der Waals surface area (Å²) in [7, 11) is -3.84. The number of anilines is 1. The van der Waals surface area contributed by atoms with Crippen LogP contribution in [-0.4, -0.2) is 34.8 Å². The van der Waals surface area contributed by atoms with Gasteiger partial charge in [-0.3, -0.25) is 9.89 Å². The molecule has 0 fully saturated rings. The third-order valence-electron chi connectivity index (χ3n) is 4.18. The second-order valence-corrected chi connectivity index (χ2v) is 9.21. The van der Waals surface area contributed by atoms with Crippen LogP contribution in [0.2, 0.25) is 0 Å². The molecule has 1 heterocycles. The van der Waals surface area contributed by atoms with Gasteiger partial charge in [-0.2, -0.15) is 0 Å². The molecule has 8 nitrogen and oxygen atoms in total. The number of rotatable bonds is 7. The van der Waals surface area contributed by atoms with Crippen LogP contribution >= 0.6 is 11.8 Å². The number of aromatic nitrogens is 3. The number of nitrogens with zero attached hydrogens (tertiary/aromatic N) is 2. The first-order valence-electron chi connectivity index (χ1n) is 8.88. The fourth-order valence-corrected chi connectivity index (χ4v) is 3.82. The lowest BCUT2D eigenvalue weighted by Crippen LogP contribution is -2.22. The van der Waals surface area contributed by atoms with Crippen LogP contribution in [-0.2, 0) is 21.2 Å². The second-order valence-electron chi connectivity index (χ2n) is 6.34. The number of thioether (sulfide) groups is 1. The number of aryl methyl sites for hydroxylation is 1. The Kier molecular flexibility index (Phi) is 6.36. The van der Waals surface area contributed by atoms with Crippen molar-refractivity contribution >= 4 is 33.4 Å². The molecule has 0 saturated heterocycles. The molecule has 0 spiro atoms. The quantitative estimate of drug-likeness (QED) is 0.493. The zero-order chi connectivity index (χ0) is 21.0. The van der Waals surface area contributed by atoms with E-state index in [1.807, 2.05) is 24.3 Å². The number of H-pyrrole nitrogens is 1. The van der Waals surface area contributed by atoms with Crippen LogP contribution in [0.1, 0.15) is 19.4 Å². The van der Waals surface area contributed by atoms with Crippen molar-refractivity contribution in [3.05, 3.63) is 54.1 Å². The van der Waals surface area contributed by atoms with Gasteiger partial charge in [0, 0.05) is 11.3 Å². The molecule has 10 heteroatoms. The maximum absolute atomic E-state index is 12.4. The van der Waals surface area contributed by atoms with E-state index >= 15 is 0 Å². The first kappa shape index (κ1) is 21.0. The van der Waals surface area contributed by atoms with Crippen molar-refractivity contribution in [3.8, 4) is 11.4 Å². The fourth-order valence-electron chi connectivity index (χ4n) is 2.53. The minimum Gasteiger partial charge on any atom is -0.325 e. The molecule has 3 rings (SSSR count). The number of carbonyl (C=O) groups excluding carboxylic acids is 1. The molecule has 0 radical (unpaired) electrons. The number of benzene rings is 2. The Hall–Kier alpha value is -2.69. The van der Waals surface area contributed by atoms with Crippen molar-refractivity contribution in [1.82, 2.24) is 15.2 Å². The van der Waals surface area contributed by atoms with Gasteiger partial charge in [-0.25, -0.2) is 18.5 Å². The average Bonchev–Trinajstić information content (AvgIpc) is 3.16. The summed E-state index contributed by atoms with van der Waals surface area (Å²) in [5, 5.41) is 14.8. The van der Waals surface area contributed by atoms with Crippen LogP contribution in [0, 0.1) is 0 Å². The summed E-state index contributed by atoms with van der Waals surface area (Å²) in [5.74, 6) is 0.323. The van der Waals surface area contributed by atoms with E-state index in [4.69, 9.17) is 5.14 Å². The molecule has 152 valence electrons. The Bertz CT molecular complexity index is 1110. The van der Waals surface area contributed by atoms with E-state index in [-0.39, 0.29) is 10.8 Å². The highest BCUT2D eigenvalue weighted by molar-refractivity contribution is 8.00. The molecule has 0 aliphatic heterocycles. The summed E-state index contributed by atoms with van der Waals surface area (Å²) < 4.78 is 22.9. The molecule has 0 bridgehead atoms. The smallest absolute Gasteiger partial charge is 0.238 e. The Morgan fingerprint density at radius 3 is 2.62 bits per heavy atom. The van der Waals surface area contributed by atoms with Gasteiger partial charge < -0.3 is 5.32 Å². The molecule has 0 aliphatic rings. The van der Waals surface area contributed by atoms with E-state index in [9.17, 15) is 13.2 Å². The van der Waals surface area contributed by atoms with E-state index in [1.165, 1.54) is 35.5 Å². The van der Waals surface area contributed by atoms with Gasteiger partial charge >= 0.3 is 0 Å². The highest BCUT2D eigenvalue weighted by Crippen LogP contribution is 2.24. The normalized spacial score (nSPS) is 12.5. The number of carbonyl (C=O) groups is 1. The number of nitrogens with one attached hydrogen (secondary N) is 2. The molecule has 2 aromatic carbocycles. The standard InChI is InChI=1S/C19H21N5O3S2/c1-3-13-7-9-14(10-8-13)17-22-19(24-23-17)28-12(2)18(25)21-15-5-4-6-16(11-15)29(20,26)27/h4-12H,3H2,1-2H3,(H,21,25)(H2,20,26,27)(H,22,23,24). The molecule has 0 saturated carbocycles. The van der Waals surface area contributed by atoms with Gasteiger partial charge in [0.25, 0.3) is 0 Å². The van der Waals surface area contributed by atoms with Crippen molar-refractivity contribution < 1.29 is 13.2 Å². The summed E-state index contributed by atoms with van der Waals surface area (Å²) in [4.78, 5) is 16.8. The number of hydrogen-bond donors (Lipinski definition) is 3. The Morgan fingerprint density at radius 2 is 1.97 bits per heavy atom. The van der Waals surface area contributed by atoms with Gasteiger partial charge in [-0.1, -0.05) is 49.0 Å². The second kappa shape index (κ2) is 8.76. The van der Waals surface area contributed by atoms with Crippen LogP contribution in [0.5, 0.6) is 0 Å². The van der Waals surface area contributed by atoms with Crippen LogP contribution in [0.3, 0.4) is 0 Å². The largest absolute Gasteiger partial charge is 0.325 e. The third kappa shape index (κ3) is 5.43. The molecule has 0 aliphatic carbocycles. The Morgan fingerprint density at radius 1 is 1.24 bits per heavy atom. The van der Waals surface area contributed by atoms with E-state index in [2.05, 4.69) is 27.4 Å². The minimum absolute atomic E-state index is 0.0664. The Labute approximate surface area is 173 Å². The molecule has 1 atom stereocenters. The number of primary sulfonamides is 1. The predicted octanol–water partition coefficient (Wildman–Crippen LogP) is 2.80. The van der Waals surface area contributed by atoms with Crippen molar-refractivity contribution in [2.75, 3.05) is 5.32 Å². The maximum atomic E-state index is 12.4. The summed E-state index contributed by atoms with van der Waals surface area (Å²) in [6, 6.07) is 13.8. The van der Waals surface area contributed by atoms with Crippen molar-refractivity contribution in [2.24, 2.45) is 5.14 Å². The molecule has 1 unspecified atom stereocenters. The van der Waals surface area contributed by atoms with Crippen molar-refractivity contribution in [3.63, 3.8) is 0 Å². The van der Waals surface area contributed by atoms with Crippen LogP contribution in [0.25, 0.3) is 11.4 Å². The number of aromatic amines is 1. The fraction of sp³-hybridized carbons (Fsp3) is 0.211. The molecule has 4 N–H and O–H groups in total. The van der Waals surface area contributed by atoms with Crippen LogP contribution in [0.4, 0.5) is 5.69 Å². The van der Waals surface area contributed by atoms with Gasteiger partial charge in [0.15, 0.2) is 5.82 Å². The molecule has 29 heavy (non-hydrogen) atoms. The number of sulfonamides is 1. The summed E-state index contributed by atoms with van der Waals surface area (Å²) >= 11 is 1.20. The van der Waals surface area contributed by atoms with E-state index in [1.54, 1.807) is 13.0 Å². The maximum Gasteiger partial charge on any atom is 0.238 e. The first-order chi connectivity index (χ1) is 13.8. The minimum atomic E-state index is -3.84. The van der Waals surface area contributed by atoms with Crippen LogP contribution < -0.4 is 10.5 Å². The van der Waals surface area contributed by atoms with Gasteiger partial charge in [-0.15, -0.1) is 5.10 Å². The van der Waals surface area contributed by atoms with E-state index < -0.39 is 15.3 Å².